The standard InChI is InChI=1S/C9H8N4/c1-2-10-7-5-13-9-8(6(1)7)11-3-4-12-9/h1-4,10H,5H2,(H,12,13). The molecule has 4 nitrogen and oxygen atoms in total. The highest BCUT2D eigenvalue weighted by molar-refractivity contribution is 5.75. The number of H-pyrrole nitrogens is 1. The maximum atomic E-state index is 4.29. The smallest absolute Gasteiger partial charge is 0.152 e. The van der Waals surface area contributed by atoms with Crippen LogP contribution in [0.5, 0.6) is 0 Å². The first kappa shape index (κ1) is 6.65. The summed E-state index contributed by atoms with van der Waals surface area (Å²) in [6.07, 6.45) is 5.34. The third-order valence-corrected chi connectivity index (χ3v) is 2.22. The normalized spacial score (nSPS) is 12.9. The van der Waals surface area contributed by atoms with Gasteiger partial charge >= 0.3 is 0 Å². The van der Waals surface area contributed by atoms with E-state index in [-0.39, 0.29) is 0 Å². The zero-order valence-corrected chi connectivity index (χ0v) is 6.91. The lowest BCUT2D eigenvalue weighted by Gasteiger charge is -2.15. The summed E-state index contributed by atoms with van der Waals surface area (Å²) in [4.78, 5) is 11.7. The van der Waals surface area contributed by atoms with Crippen LogP contribution in [0.3, 0.4) is 0 Å². The first-order valence-corrected chi connectivity index (χ1v) is 4.16. The van der Waals surface area contributed by atoms with Gasteiger partial charge in [-0.15, -0.1) is 0 Å². The molecule has 0 aromatic carbocycles. The maximum Gasteiger partial charge on any atom is 0.152 e. The Morgan fingerprint density at radius 2 is 2.15 bits per heavy atom. The van der Waals surface area contributed by atoms with Crippen LogP contribution in [0.1, 0.15) is 5.69 Å². The van der Waals surface area contributed by atoms with Crippen LogP contribution < -0.4 is 5.32 Å². The number of nitrogens with zero attached hydrogens (tertiary/aromatic N) is 2. The molecule has 0 spiro atoms. The highest BCUT2D eigenvalue weighted by Gasteiger charge is 2.17. The zero-order chi connectivity index (χ0) is 8.67. The first-order chi connectivity index (χ1) is 6.45. The molecule has 0 aliphatic carbocycles. The van der Waals surface area contributed by atoms with Gasteiger partial charge in [0.05, 0.1) is 6.54 Å². The average Bonchev–Trinajstić information content (AvgIpc) is 2.65. The third-order valence-electron chi connectivity index (χ3n) is 2.22. The van der Waals surface area contributed by atoms with Gasteiger partial charge < -0.3 is 10.3 Å². The third kappa shape index (κ3) is 0.853. The molecule has 1 aliphatic rings. The van der Waals surface area contributed by atoms with Crippen molar-refractivity contribution in [1.82, 2.24) is 15.0 Å². The van der Waals surface area contributed by atoms with E-state index in [9.17, 15) is 0 Å². The van der Waals surface area contributed by atoms with Crippen molar-refractivity contribution in [2.24, 2.45) is 0 Å². The number of fused-ring (bicyclic) bond motifs is 3. The fourth-order valence-electron chi connectivity index (χ4n) is 1.61. The fourth-order valence-corrected chi connectivity index (χ4v) is 1.61. The predicted octanol–water partition coefficient (Wildman–Crippen LogP) is 1.40. The number of hydrogen-bond donors (Lipinski definition) is 2. The quantitative estimate of drug-likeness (QED) is 0.631. The second-order valence-electron chi connectivity index (χ2n) is 2.98. The van der Waals surface area contributed by atoms with Crippen LogP contribution in [0, 0.1) is 0 Å². The van der Waals surface area contributed by atoms with Gasteiger partial charge in [-0.3, -0.25) is 4.98 Å². The highest BCUT2D eigenvalue weighted by atomic mass is 15.0. The van der Waals surface area contributed by atoms with Gasteiger partial charge in [0, 0.05) is 29.8 Å². The number of aromatic nitrogens is 3. The predicted molar refractivity (Wildman–Crippen MR) is 49.1 cm³/mol. The molecule has 64 valence electrons. The van der Waals surface area contributed by atoms with Gasteiger partial charge in [0.15, 0.2) is 5.82 Å². The van der Waals surface area contributed by atoms with Crippen LogP contribution in [-0.2, 0) is 6.54 Å². The van der Waals surface area contributed by atoms with E-state index in [0.29, 0.717) is 0 Å². The van der Waals surface area contributed by atoms with Crippen LogP contribution in [0.2, 0.25) is 0 Å². The summed E-state index contributed by atoms with van der Waals surface area (Å²) in [5.74, 6) is 0.870. The number of anilines is 1. The molecule has 0 atom stereocenters. The summed E-state index contributed by atoms with van der Waals surface area (Å²) in [7, 11) is 0. The Morgan fingerprint density at radius 1 is 1.23 bits per heavy atom. The van der Waals surface area contributed by atoms with E-state index in [1.165, 1.54) is 5.69 Å². The van der Waals surface area contributed by atoms with Crippen LogP contribution in [-0.4, -0.2) is 15.0 Å². The number of aromatic amines is 1. The summed E-state index contributed by atoms with van der Waals surface area (Å²) < 4.78 is 0. The number of nitrogens with one attached hydrogen (secondary N) is 2. The van der Waals surface area contributed by atoms with Crippen molar-refractivity contribution < 1.29 is 0 Å². The minimum absolute atomic E-state index is 0.800. The van der Waals surface area contributed by atoms with Gasteiger partial charge in [0.2, 0.25) is 0 Å². The molecule has 0 saturated heterocycles. The van der Waals surface area contributed by atoms with Gasteiger partial charge in [0.1, 0.15) is 5.69 Å². The van der Waals surface area contributed by atoms with Crippen LogP contribution in [0.25, 0.3) is 11.3 Å². The van der Waals surface area contributed by atoms with E-state index in [0.717, 1.165) is 23.6 Å². The summed E-state index contributed by atoms with van der Waals surface area (Å²) >= 11 is 0. The van der Waals surface area contributed by atoms with Crippen molar-refractivity contribution in [3.05, 3.63) is 30.4 Å². The topological polar surface area (TPSA) is 53.6 Å². The molecule has 0 bridgehead atoms. The molecule has 3 rings (SSSR count). The Balaban J connectivity index is 2.30. The molecular weight excluding hydrogens is 164 g/mol. The van der Waals surface area contributed by atoms with Gasteiger partial charge in [-0.1, -0.05) is 0 Å². The molecule has 0 saturated carbocycles. The van der Waals surface area contributed by atoms with E-state index >= 15 is 0 Å². The lowest BCUT2D eigenvalue weighted by molar-refractivity contribution is 1.02. The molecule has 0 radical (unpaired) electrons. The minimum atomic E-state index is 0.800. The van der Waals surface area contributed by atoms with Crippen molar-refractivity contribution in [3.63, 3.8) is 0 Å². The second kappa shape index (κ2) is 2.32. The number of rotatable bonds is 0. The maximum absolute atomic E-state index is 4.29. The molecule has 2 aromatic heterocycles. The molecule has 0 fully saturated rings. The highest BCUT2D eigenvalue weighted by Crippen LogP contribution is 2.30. The molecule has 1 aliphatic heterocycles. The molecule has 13 heavy (non-hydrogen) atoms. The molecular formula is C9H8N4. The van der Waals surface area contributed by atoms with Crippen molar-refractivity contribution in [1.29, 1.82) is 0 Å². The molecule has 0 amide bonds. The van der Waals surface area contributed by atoms with E-state index in [1.54, 1.807) is 12.4 Å². The van der Waals surface area contributed by atoms with Crippen molar-refractivity contribution >= 4 is 5.82 Å². The molecule has 2 N–H and O–H groups in total. The van der Waals surface area contributed by atoms with Gasteiger partial charge in [-0.05, 0) is 6.07 Å². The van der Waals surface area contributed by atoms with E-state index in [1.807, 2.05) is 12.3 Å². The summed E-state index contributed by atoms with van der Waals surface area (Å²) in [6.45, 7) is 0.800. The monoisotopic (exact) mass is 172 g/mol. The Hall–Kier alpha value is -1.84. The summed E-state index contributed by atoms with van der Waals surface area (Å²) in [5.41, 5.74) is 3.26. The van der Waals surface area contributed by atoms with Crippen LogP contribution in [0.4, 0.5) is 5.82 Å². The molecule has 4 heteroatoms. The minimum Gasteiger partial charge on any atom is -0.363 e. The first-order valence-electron chi connectivity index (χ1n) is 4.16. The Morgan fingerprint density at radius 3 is 3.15 bits per heavy atom. The Kier molecular flexibility index (Phi) is 1.19. The fraction of sp³-hybridized carbons (Fsp3) is 0.111. The lowest BCUT2D eigenvalue weighted by atomic mass is 10.1. The molecule has 3 heterocycles. The summed E-state index contributed by atoms with van der Waals surface area (Å²) in [5, 5.41) is 3.20. The van der Waals surface area contributed by atoms with Gasteiger partial charge in [-0.2, -0.15) is 0 Å². The van der Waals surface area contributed by atoms with Gasteiger partial charge in [0.25, 0.3) is 0 Å². The van der Waals surface area contributed by atoms with Crippen molar-refractivity contribution in [2.45, 2.75) is 6.54 Å². The van der Waals surface area contributed by atoms with E-state index in [2.05, 4.69) is 20.3 Å². The molecule has 2 aromatic rings. The van der Waals surface area contributed by atoms with Crippen LogP contribution in [0.15, 0.2) is 24.7 Å². The SMILES string of the molecule is c1cnc2c(n1)NCc1[nH]ccc1-2. The van der Waals surface area contributed by atoms with E-state index < -0.39 is 0 Å². The zero-order valence-electron chi connectivity index (χ0n) is 6.91. The second-order valence-corrected chi connectivity index (χ2v) is 2.98. The largest absolute Gasteiger partial charge is 0.363 e. The average molecular weight is 172 g/mol. The Bertz CT molecular complexity index is 446. The lowest BCUT2D eigenvalue weighted by Crippen LogP contribution is -2.10. The van der Waals surface area contributed by atoms with Gasteiger partial charge in [-0.25, -0.2) is 4.98 Å². The van der Waals surface area contributed by atoms with E-state index in [4.69, 9.17) is 0 Å². The van der Waals surface area contributed by atoms with Crippen molar-refractivity contribution in [3.8, 4) is 11.3 Å². The number of hydrogen-bond acceptors (Lipinski definition) is 3. The summed E-state index contributed by atoms with van der Waals surface area (Å²) in [6, 6.07) is 2.03. The van der Waals surface area contributed by atoms with Crippen molar-refractivity contribution in [2.75, 3.05) is 5.32 Å². The molecule has 0 unspecified atom stereocenters. The van der Waals surface area contributed by atoms with Crippen LogP contribution >= 0.6 is 0 Å². The Labute approximate surface area is 75.0 Å².